The van der Waals surface area contributed by atoms with Crippen LogP contribution in [0.15, 0.2) is 85.4 Å². The molecule has 1 aliphatic rings. The highest BCUT2D eigenvalue weighted by atomic mass is 16.2. The van der Waals surface area contributed by atoms with Crippen molar-refractivity contribution in [1.82, 2.24) is 4.90 Å². The van der Waals surface area contributed by atoms with Crippen LogP contribution in [0.5, 0.6) is 0 Å². The predicted molar refractivity (Wildman–Crippen MR) is 125 cm³/mol. The van der Waals surface area contributed by atoms with Gasteiger partial charge < -0.3 is 5.32 Å². The Balaban J connectivity index is 1.48. The molecular weight excluding hydrogens is 384 g/mol. The fourth-order valence-electron chi connectivity index (χ4n) is 4.06. The summed E-state index contributed by atoms with van der Waals surface area (Å²) < 4.78 is 0. The van der Waals surface area contributed by atoms with E-state index in [-0.39, 0.29) is 17.7 Å². The van der Waals surface area contributed by atoms with E-state index in [0.717, 1.165) is 31.5 Å². The molecule has 4 nitrogen and oxygen atoms in total. The van der Waals surface area contributed by atoms with Crippen molar-refractivity contribution in [2.24, 2.45) is 0 Å². The molecule has 1 atom stereocenters. The number of likely N-dealkylation sites (tertiary alicyclic amines) is 1. The Morgan fingerprint density at radius 2 is 1.68 bits per heavy atom. The Kier molecular flexibility index (Phi) is 6.39. The van der Waals surface area contributed by atoms with Crippen LogP contribution in [0.4, 0.5) is 5.69 Å². The van der Waals surface area contributed by atoms with Crippen molar-refractivity contribution in [3.8, 4) is 0 Å². The molecule has 4 rings (SSSR count). The number of amides is 1. The Hall–Kier alpha value is -3.50. The van der Waals surface area contributed by atoms with Crippen LogP contribution >= 0.6 is 0 Å². The molecule has 1 unspecified atom stereocenters. The van der Waals surface area contributed by atoms with E-state index in [9.17, 15) is 9.59 Å². The lowest BCUT2D eigenvalue weighted by molar-refractivity contribution is -0.120. The van der Waals surface area contributed by atoms with Gasteiger partial charge in [-0.1, -0.05) is 79.4 Å². The van der Waals surface area contributed by atoms with Crippen molar-refractivity contribution in [3.63, 3.8) is 0 Å². The lowest BCUT2D eigenvalue weighted by atomic mass is 10.0. The molecule has 156 valence electrons. The Morgan fingerprint density at radius 3 is 2.42 bits per heavy atom. The molecule has 0 bridgehead atoms. The van der Waals surface area contributed by atoms with Crippen molar-refractivity contribution in [2.45, 2.75) is 25.4 Å². The predicted octanol–water partition coefficient (Wildman–Crippen LogP) is 5.16. The summed E-state index contributed by atoms with van der Waals surface area (Å²) in [4.78, 5) is 28.3. The van der Waals surface area contributed by atoms with Crippen LogP contribution in [-0.2, 0) is 11.3 Å². The largest absolute Gasteiger partial charge is 0.324 e. The van der Waals surface area contributed by atoms with Crippen LogP contribution < -0.4 is 5.32 Å². The normalized spacial score (nSPS) is 16.1. The maximum atomic E-state index is 13.1. The Labute approximate surface area is 183 Å². The number of rotatable bonds is 7. The first-order valence-electron chi connectivity index (χ1n) is 10.6. The van der Waals surface area contributed by atoms with E-state index in [1.165, 1.54) is 5.56 Å². The van der Waals surface area contributed by atoms with Gasteiger partial charge in [0.2, 0.25) is 5.91 Å². The van der Waals surface area contributed by atoms with E-state index in [1.807, 2.05) is 48.5 Å². The van der Waals surface area contributed by atoms with Crippen LogP contribution in [0, 0.1) is 0 Å². The van der Waals surface area contributed by atoms with Crippen LogP contribution in [0.1, 0.15) is 39.9 Å². The molecule has 0 radical (unpaired) electrons. The fourth-order valence-corrected chi connectivity index (χ4v) is 4.06. The molecule has 0 saturated carbocycles. The number of hydrogen-bond donors (Lipinski definition) is 1. The highest BCUT2D eigenvalue weighted by Crippen LogP contribution is 2.24. The third-order valence-corrected chi connectivity index (χ3v) is 5.73. The number of hydrogen-bond acceptors (Lipinski definition) is 3. The zero-order valence-electron chi connectivity index (χ0n) is 17.5. The summed E-state index contributed by atoms with van der Waals surface area (Å²) in [6.45, 7) is 5.39. The van der Waals surface area contributed by atoms with Crippen LogP contribution in [0.25, 0.3) is 6.08 Å². The van der Waals surface area contributed by atoms with Crippen molar-refractivity contribution in [2.75, 3.05) is 11.9 Å². The topological polar surface area (TPSA) is 49.4 Å². The van der Waals surface area contributed by atoms with Crippen LogP contribution in [-0.4, -0.2) is 29.2 Å². The number of carbonyl (C=O) groups is 2. The molecule has 31 heavy (non-hydrogen) atoms. The molecule has 3 aromatic rings. The van der Waals surface area contributed by atoms with Gasteiger partial charge in [-0.15, -0.1) is 0 Å². The van der Waals surface area contributed by atoms with E-state index in [1.54, 1.807) is 24.3 Å². The summed E-state index contributed by atoms with van der Waals surface area (Å²) in [6, 6.07) is 24.4. The van der Waals surface area contributed by atoms with Crippen molar-refractivity contribution >= 4 is 23.5 Å². The number of benzene rings is 3. The van der Waals surface area contributed by atoms with Gasteiger partial charge in [-0.05, 0) is 42.6 Å². The highest BCUT2D eigenvalue weighted by molar-refractivity contribution is 6.14. The zero-order valence-corrected chi connectivity index (χ0v) is 17.5. The fraction of sp³-hybridized carbons (Fsp3) is 0.185. The van der Waals surface area contributed by atoms with Gasteiger partial charge in [-0.3, -0.25) is 14.5 Å². The van der Waals surface area contributed by atoms with Gasteiger partial charge in [0.25, 0.3) is 0 Å². The molecule has 1 saturated heterocycles. The van der Waals surface area contributed by atoms with Gasteiger partial charge >= 0.3 is 0 Å². The van der Waals surface area contributed by atoms with Gasteiger partial charge in [0.05, 0.1) is 11.7 Å². The second kappa shape index (κ2) is 9.54. The second-order valence-electron chi connectivity index (χ2n) is 7.80. The van der Waals surface area contributed by atoms with Gasteiger partial charge in [-0.2, -0.15) is 0 Å². The van der Waals surface area contributed by atoms with E-state index in [0.29, 0.717) is 16.8 Å². The second-order valence-corrected chi connectivity index (χ2v) is 7.80. The number of ketones is 1. The third kappa shape index (κ3) is 4.81. The molecule has 1 fully saturated rings. The summed E-state index contributed by atoms with van der Waals surface area (Å²) in [5.74, 6) is -0.157. The minimum absolute atomic E-state index is 0.0616. The Bertz CT molecular complexity index is 1070. The van der Waals surface area contributed by atoms with Crippen molar-refractivity contribution in [1.29, 1.82) is 0 Å². The average molecular weight is 411 g/mol. The van der Waals surface area contributed by atoms with E-state index >= 15 is 0 Å². The number of carbonyl (C=O) groups excluding carboxylic acids is 2. The summed E-state index contributed by atoms with van der Waals surface area (Å²) in [5, 5.41) is 3.02. The maximum Gasteiger partial charge on any atom is 0.241 e. The summed E-state index contributed by atoms with van der Waals surface area (Å²) in [5.41, 5.74) is 3.92. The minimum atomic E-state index is -0.209. The number of para-hydroxylation sites is 1. The van der Waals surface area contributed by atoms with Gasteiger partial charge in [0.15, 0.2) is 5.78 Å². The van der Waals surface area contributed by atoms with Gasteiger partial charge in [0, 0.05) is 17.7 Å². The minimum Gasteiger partial charge on any atom is -0.324 e. The lowest BCUT2D eigenvalue weighted by Crippen LogP contribution is -2.39. The Morgan fingerprint density at radius 1 is 0.968 bits per heavy atom. The molecule has 3 aromatic carbocycles. The van der Waals surface area contributed by atoms with Crippen molar-refractivity contribution < 1.29 is 9.59 Å². The van der Waals surface area contributed by atoms with E-state index in [2.05, 4.69) is 28.9 Å². The van der Waals surface area contributed by atoms with Crippen molar-refractivity contribution in [3.05, 3.63) is 108 Å². The number of nitrogens with one attached hydrogen (secondary N) is 1. The first kappa shape index (κ1) is 20.8. The molecule has 0 aromatic heterocycles. The zero-order chi connectivity index (χ0) is 21.6. The SMILES string of the molecule is C=Cc1ccc(CN2CCCC2C(=O)Nc2ccccc2C(=O)c2ccccc2)cc1. The molecule has 1 N–H and O–H groups in total. The first-order valence-corrected chi connectivity index (χ1v) is 10.6. The van der Waals surface area contributed by atoms with Gasteiger partial charge in [-0.25, -0.2) is 0 Å². The molecule has 1 heterocycles. The monoisotopic (exact) mass is 410 g/mol. The lowest BCUT2D eigenvalue weighted by Gasteiger charge is -2.24. The standard InChI is InChI=1S/C27H26N2O2/c1-2-20-14-16-21(17-15-20)19-29-18-8-13-25(29)27(31)28-24-12-7-6-11-23(24)26(30)22-9-4-3-5-10-22/h2-7,9-12,14-17,25H,1,8,13,18-19H2,(H,28,31). The van der Waals surface area contributed by atoms with Gasteiger partial charge in [0.1, 0.15) is 0 Å². The molecule has 0 aliphatic carbocycles. The third-order valence-electron chi connectivity index (χ3n) is 5.73. The summed E-state index contributed by atoms with van der Waals surface area (Å²) in [7, 11) is 0. The number of nitrogens with zero attached hydrogens (tertiary/aromatic N) is 1. The van der Waals surface area contributed by atoms with Crippen LogP contribution in [0.2, 0.25) is 0 Å². The number of anilines is 1. The summed E-state index contributed by atoms with van der Waals surface area (Å²) in [6.07, 6.45) is 3.61. The quantitative estimate of drug-likeness (QED) is 0.547. The first-order chi connectivity index (χ1) is 15.2. The molecular formula is C27H26N2O2. The van der Waals surface area contributed by atoms with Crippen LogP contribution in [0.3, 0.4) is 0 Å². The molecule has 4 heteroatoms. The molecule has 1 aliphatic heterocycles. The smallest absolute Gasteiger partial charge is 0.241 e. The summed E-state index contributed by atoms with van der Waals surface area (Å²) >= 11 is 0. The van der Waals surface area contributed by atoms with E-state index < -0.39 is 0 Å². The maximum absolute atomic E-state index is 13.1. The highest BCUT2D eigenvalue weighted by Gasteiger charge is 2.31. The molecule has 1 amide bonds. The average Bonchev–Trinajstić information content (AvgIpc) is 3.28. The molecule has 0 spiro atoms. The van der Waals surface area contributed by atoms with E-state index in [4.69, 9.17) is 0 Å².